The first-order valence-electron chi connectivity index (χ1n) is 6.40. The summed E-state index contributed by atoms with van der Waals surface area (Å²) in [6.45, 7) is 0. The number of hydrogen-bond donors (Lipinski definition) is 0. The van der Waals surface area contributed by atoms with Gasteiger partial charge >= 0.3 is 6.18 Å². The van der Waals surface area contributed by atoms with Gasteiger partial charge in [0, 0.05) is 4.90 Å². The summed E-state index contributed by atoms with van der Waals surface area (Å²) in [6.07, 6.45) is -2.09. The maximum atomic E-state index is 12.7. The topological polar surface area (TPSA) is 34.1 Å². The van der Waals surface area contributed by atoms with E-state index >= 15 is 0 Å². The molecule has 0 saturated heterocycles. The minimum absolute atomic E-state index is 0.0893. The Bertz CT molecular complexity index is 764. The van der Waals surface area contributed by atoms with Gasteiger partial charge < -0.3 is 0 Å². The Hall–Kier alpha value is -0.860. The SMILES string of the molecule is O=S1(=O)CCC2=C1SC=CC2Sc1cccc(C(F)(F)F)c1. The van der Waals surface area contributed by atoms with Crippen molar-refractivity contribution in [1.82, 2.24) is 0 Å². The molecule has 0 spiro atoms. The second-order valence-electron chi connectivity index (χ2n) is 4.89. The third-order valence-electron chi connectivity index (χ3n) is 3.38. The highest BCUT2D eigenvalue weighted by Crippen LogP contribution is 2.45. The molecular weight excluding hydrogens is 353 g/mol. The molecule has 0 N–H and O–H groups in total. The van der Waals surface area contributed by atoms with Crippen LogP contribution in [0.3, 0.4) is 0 Å². The van der Waals surface area contributed by atoms with E-state index in [-0.39, 0.29) is 11.0 Å². The molecule has 1 unspecified atom stereocenters. The van der Waals surface area contributed by atoms with Gasteiger partial charge in [-0.25, -0.2) is 8.42 Å². The highest BCUT2D eigenvalue weighted by atomic mass is 32.3. The molecule has 2 heterocycles. The summed E-state index contributed by atoms with van der Waals surface area (Å²) in [5.41, 5.74) is 0.106. The third-order valence-corrected chi connectivity index (χ3v) is 7.99. The summed E-state index contributed by atoms with van der Waals surface area (Å²) >= 11 is 2.43. The van der Waals surface area contributed by atoms with E-state index in [0.29, 0.717) is 15.6 Å². The van der Waals surface area contributed by atoms with E-state index in [1.54, 1.807) is 11.5 Å². The zero-order chi connectivity index (χ0) is 16.0. The van der Waals surface area contributed by atoms with Crippen LogP contribution in [0.15, 0.2) is 50.5 Å². The Morgan fingerprint density at radius 1 is 1.27 bits per heavy atom. The summed E-state index contributed by atoms with van der Waals surface area (Å²) < 4.78 is 62.4. The van der Waals surface area contributed by atoms with E-state index in [1.165, 1.54) is 29.6 Å². The van der Waals surface area contributed by atoms with Crippen LogP contribution in [0, 0.1) is 0 Å². The van der Waals surface area contributed by atoms with Crippen LogP contribution in [-0.4, -0.2) is 19.4 Å². The highest BCUT2D eigenvalue weighted by molar-refractivity contribution is 8.20. The summed E-state index contributed by atoms with van der Waals surface area (Å²) in [6, 6.07) is 5.11. The minimum Gasteiger partial charge on any atom is -0.223 e. The maximum absolute atomic E-state index is 12.7. The molecule has 0 aliphatic carbocycles. The molecular formula is C14H11F3O2S3. The Kier molecular flexibility index (Phi) is 4.11. The lowest BCUT2D eigenvalue weighted by Crippen LogP contribution is -2.07. The summed E-state index contributed by atoms with van der Waals surface area (Å²) in [7, 11) is -3.21. The predicted molar refractivity (Wildman–Crippen MR) is 83.2 cm³/mol. The van der Waals surface area contributed by atoms with Crippen molar-refractivity contribution in [3.63, 3.8) is 0 Å². The molecule has 2 aliphatic rings. The molecule has 0 radical (unpaired) electrons. The molecule has 0 bridgehead atoms. The van der Waals surface area contributed by atoms with Crippen molar-refractivity contribution < 1.29 is 21.6 Å². The summed E-state index contributed by atoms with van der Waals surface area (Å²) in [4.78, 5) is 0.479. The van der Waals surface area contributed by atoms with Crippen LogP contribution in [0.5, 0.6) is 0 Å². The van der Waals surface area contributed by atoms with E-state index in [0.717, 1.165) is 17.7 Å². The smallest absolute Gasteiger partial charge is 0.223 e. The van der Waals surface area contributed by atoms with Crippen LogP contribution in [0.2, 0.25) is 0 Å². The molecule has 2 nitrogen and oxygen atoms in total. The number of sulfone groups is 1. The van der Waals surface area contributed by atoms with E-state index < -0.39 is 21.6 Å². The van der Waals surface area contributed by atoms with Crippen LogP contribution in [0.25, 0.3) is 0 Å². The lowest BCUT2D eigenvalue weighted by atomic mass is 10.1. The Labute approximate surface area is 134 Å². The number of hydrogen-bond acceptors (Lipinski definition) is 4. The lowest BCUT2D eigenvalue weighted by Gasteiger charge is -2.19. The van der Waals surface area contributed by atoms with Crippen molar-refractivity contribution in [2.45, 2.75) is 22.7 Å². The first-order chi connectivity index (χ1) is 10.3. The quantitative estimate of drug-likeness (QED) is 0.776. The lowest BCUT2D eigenvalue weighted by molar-refractivity contribution is -0.137. The predicted octanol–water partition coefficient (Wildman–Crippen LogP) is 4.46. The summed E-state index contributed by atoms with van der Waals surface area (Å²) in [5, 5.41) is 1.48. The highest BCUT2D eigenvalue weighted by Gasteiger charge is 2.35. The zero-order valence-corrected chi connectivity index (χ0v) is 13.6. The normalized spacial score (nSPS) is 23.7. The van der Waals surface area contributed by atoms with Crippen LogP contribution >= 0.6 is 23.5 Å². The third kappa shape index (κ3) is 3.09. The van der Waals surface area contributed by atoms with Gasteiger partial charge in [0.1, 0.15) is 4.24 Å². The first kappa shape index (κ1) is 16.0. The van der Waals surface area contributed by atoms with Crippen LogP contribution in [-0.2, 0) is 16.0 Å². The molecule has 1 aromatic rings. The van der Waals surface area contributed by atoms with E-state index in [2.05, 4.69) is 0 Å². The molecule has 1 atom stereocenters. The van der Waals surface area contributed by atoms with Gasteiger partial charge in [-0.3, -0.25) is 0 Å². The Balaban J connectivity index is 1.88. The molecule has 0 aromatic heterocycles. The standard InChI is InChI=1S/C14H11F3O2S3/c15-14(16,17)9-2-1-3-10(8-9)21-12-4-6-20-13-11(12)5-7-22(13,18)19/h1-4,6,8,12H,5,7H2. The Morgan fingerprint density at radius 3 is 2.77 bits per heavy atom. The van der Waals surface area contributed by atoms with Gasteiger partial charge in [0.15, 0.2) is 9.84 Å². The van der Waals surface area contributed by atoms with E-state index in [1.807, 2.05) is 6.08 Å². The fourth-order valence-corrected chi connectivity index (χ4v) is 6.81. The number of thioether (sulfide) groups is 2. The minimum atomic E-state index is -4.38. The van der Waals surface area contributed by atoms with Crippen LogP contribution in [0.1, 0.15) is 12.0 Å². The molecule has 0 fully saturated rings. The van der Waals surface area contributed by atoms with Crippen molar-refractivity contribution >= 4 is 33.4 Å². The van der Waals surface area contributed by atoms with E-state index in [9.17, 15) is 21.6 Å². The molecule has 22 heavy (non-hydrogen) atoms. The second kappa shape index (κ2) is 5.65. The van der Waals surface area contributed by atoms with Crippen LogP contribution in [0.4, 0.5) is 13.2 Å². The zero-order valence-electron chi connectivity index (χ0n) is 11.1. The van der Waals surface area contributed by atoms with Gasteiger partial charge in [-0.1, -0.05) is 23.9 Å². The van der Waals surface area contributed by atoms with Crippen molar-refractivity contribution in [2.24, 2.45) is 0 Å². The van der Waals surface area contributed by atoms with Crippen molar-refractivity contribution in [3.05, 3.63) is 51.1 Å². The summed E-state index contributed by atoms with van der Waals surface area (Å²) in [5.74, 6) is 0.0893. The average Bonchev–Trinajstić information content (AvgIpc) is 2.75. The average molecular weight is 364 g/mol. The molecule has 0 amide bonds. The van der Waals surface area contributed by atoms with Gasteiger partial charge in [0.05, 0.1) is 16.6 Å². The van der Waals surface area contributed by atoms with Gasteiger partial charge in [-0.15, -0.1) is 11.8 Å². The number of alkyl halides is 3. The molecule has 1 aromatic carbocycles. The second-order valence-corrected chi connectivity index (χ2v) is 9.33. The van der Waals surface area contributed by atoms with Crippen molar-refractivity contribution in [2.75, 3.05) is 5.75 Å². The first-order valence-corrected chi connectivity index (χ1v) is 9.81. The molecule has 0 saturated carbocycles. The molecule has 118 valence electrons. The van der Waals surface area contributed by atoms with Gasteiger partial charge in [0.25, 0.3) is 0 Å². The monoisotopic (exact) mass is 364 g/mol. The van der Waals surface area contributed by atoms with Crippen molar-refractivity contribution in [3.8, 4) is 0 Å². The van der Waals surface area contributed by atoms with Gasteiger partial charge in [-0.2, -0.15) is 13.2 Å². The van der Waals surface area contributed by atoms with Crippen molar-refractivity contribution in [1.29, 1.82) is 0 Å². The molecule has 2 aliphatic heterocycles. The van der Waals surface area contributed by atoms with E-state index in [4.69, 9.17) is 0 Å². The van der Waals surface area contributed by atoms with Gasteiger partial charge in [-0.05, 0) is 35.6 Å². The number of rotatable bonds is 2. The maximum Gasteiger partial charge on any atom is 0.416 e. The molecule has 8 heteroatoms. The van der Waals surface area contributed by atoms with Gasteiger partial charge in [0.2, 0.25) is 0 Å². The van der Waals surface area contributed by atoms with Crippen LogP contribution < -0.4 is 0 Å². The largest absolute Gasteiger partial charge is 0.416 e. The fraction of sp³-hybridized carbons (Fsp3) is 0.286. The molecule has 3 rings (SSSR count). The number of benzene rings is 1. The Morgan fingerprint density at radius 2 is 2.05 bits per heavy atom. The number of halogens is 3. The fourth-order valence-electron chi connectivity index (χ4n) is 2.34.